The third-order valence-electron chi connectivity index (χ3n) is 3.74. The zero-order valence-electron chi connectivity index (χ0n) is 13.8. The summed E-state index contributed by atoms with van der Waals surface area (Å²) in [5, 5.41) is 2.89. The van der Waals surface area contributed by atoms with Crippen LogP contribution in [0.4, 0.5) is 5.69 Å². The maximum atomic E-state index is 12.3. The Balaban J connectivity index is 1.58. The number of rotatable bonds is 5. The van der Waals surface area contributed by atoms with Crippen LogP contribution in [-0.4, -0.2) is 5.91 Å². The van der Waals surface area contributed by atoms with Gasteiger partial charge < -0.3 is 10.1 Å². The number of anilines is 1. The maximum absolute atomic E-state index is 12.3. The predicted octanol–water partition coefficient (Wildman–Crippen LogP) is 5.59. The molecule has 3 rings (SSSR count). The van der Waals surface area contributed by atoms with Gasteiger partial charge in [0.15, 0.2) is 0 Å². The van der Waals surface area contributed by atoms with E-state index in [1.54, 1.807) is 0 Å². The lowest BCUT2D eigenvalue weighted by atomic mass is 10.1. The second-order valence-corrected chi connectivity index (χ2v) is 6.68. The summed E-state index contributed by atoms with van der Waals surface area (Å²) in [6, 6.07) is 22.9. The number of hydrogen-bond acceptors (Lipinski definition) is 2. The van der Waals surface area contributed by atoms with Gasteiger partial charge in [-0.25, -0.2) is 0 Å². The lowest BCUT2D eigenvalue weighted by Gasteiger charge is -2.08. The first-order valence-electron chi connectivity index (χ1n) is 7.95. The van der Waals surface area contributed by atoms with Crippen LogP contribution in [0.25, 0.3) is 0 Å². The first kappa shape index (κ1) is 17.2. The minimum absolute atomic E-state index is 0.121. The summed E-state index contributed by atoms with van der Waals surface area (Å²) >= 11 is 3.40. The number of nitrogens with one attached hydrogen (secondary N) is 1. The smallest absolute Gasteiger partial charge is 0.255 e. The Labute approximate surface area is 155 Å². The number of halogens is 1. The molecular formula is C21H18BrNO2. The molecule has 1 amide bonds. The lowest BCUT2D eigenvalue weighted by molar-refractivity contribution is 0.102. The minimum Gasteiger partial charge on any atom is -0.489 e. The van der Waals surface area contributed by atoms with E-state index in [2.05, 4.69) is 21.2 Å². The molecule has 126 valence electrons. The summed E-state index contributed by atoms with van der Waals surface area (Å²) in [4.78, 5) is 12.3. The molecule has 3 aromatic carbocycles. The molecule has 0 saturated heterocycles. The SMILES string of the molecule is Cc1ccc(NC(=O)c2ccc(COc3ccc(Br)cc3)cc2)cc1. The van der Waals surface area contributed by atoms with Crippen molar-refractivity contribution in [2.45, 2.75) is 13.5 Å². The zero-order chi connectivity index (χ0) is 17.6. The van der Waals surface area contributed by atoms with Crippen molar-refractivity contribution in [2.75, 3.05) is 5.32 Å². The van der Waals surface area contributed by atoms with Gasteiger partial charge in [-0.15, -0.1) is 0 Å². The van der Waals surface area contributed by atoms with Gasteiger partial charge in [0.05, 0.1) is 0 Å². The van der Waals surface area contributed by atoms with E-state index in [1.807, 2.05) is 79.7 Å². The summed E-state index contributed by atoms with van der Waals surface area (Å²) < 4.78 is 6.75. The molecule has 3 nitrogen and oxygen atoms in total. The fourth-order valence-corrected chi connectivity index (χ4v) is 2.55. The van der Waals surface area contributed by atoms with Crippen molar-refractivity contribution in [1.29, 1.82) is 0 Å². The highest BCUT2D eigenvalue weighted by Gasteiger charge is 2.06. The first-order valence-corrected chi connectivity index (χ1v) is 8.75. The lowest BCUT2D eigenvalue weighted by Crippen LogP contribution is -2.11. The van der Waals surface area contributed by atoms with Crippen LogP contribution in [0, 0.1) is 6.92 Å². The van der Waals surface area contributed by atoms with Gasteiger partial charge in [0.2, 0.25) is 0 Å². The van der Waals surface area contributed by atoms with Gasteiger partial charge in [0, 0.05) is 15.7 Å². The Hall–Kier alpha value is -2.59. The van der Waals surface area contributed by atoms with Gasteiger partial charge in [-0.2, -0.15) is 0 Å². The van der Waals surface area contributed by atoms with Gasteiger partial charge >= 0.3 is 0 Å². The van der Waals surface area contributed by atoms with Crippen molar-refractivity contribution < 1.29 is 9.53 Å². The van der Waals surface area contributed by atoms with Crippen molar-refractivity contribution in [3.05, 3.63) is 94.0 Å². The molecule has 0 aliphatic heterocycles. The molecule has 0 fully saturated rings. The topological polar surface area (TPSA) is 38.3 Å². The van der Waals surface area contributed by atoms with Crippen LogP contribution in [0.3, 0.4) is 0 Å². The highest BCUT2D eigenvalue weighted by atomic mass is 79.9. The monoisotopic (exact) mass is 395 g/mol. The summed E-state index contributed by atoms with van der Waals surface area (Å²) in [5.41, 5.74) is 3.58. The van der Waals surface area contributed by atoms with Gasteiger partial charge in [-0.3, -0.25) is 4.79 Å². The van der Waals surface area contributed by atoms with E-state index < -0.39 is 0 Å². The third kappa shape index (κ3) is 4.94. The number of benzene rings is 3. The van der Waals surface area contributed by atoms with Gasteiger partial charge in [-0.1, -0.05) is 45.8 Å². The van der Waals surface area contributed by atoms with Crippen molar-refractivity contribution in [1.82, 2.24) is 0 Å². The molecule has 0 radical (unpaired) electrons. The van der Waals surface area contributed by atoms with Gasteiger partial charge in [0.25, 0.3) is 5.91 Å². The van der Waals surface area contributed by atoms with Crippen LogP contribution in [-0.2, 0) is 6.61 Å². The molecule has 0 bridgehead atoms. The Bertz CT molecular complexity index is 841. The highest BCUT2D eigenvalue weighted by molar-refractivity contribution is 9.10. The van der Waals surface area contributed by atoms with Crippen LogP contribution in [0.15, 0.2) is 77.3 Å². The Morgan fingerprint density at radius 2 is 1.56 bits per heavy atom. The molecule has 0 heterocycles. The molecule has 0 aromatic heterocycles. The van der Waals surface area contributed by atoms with E-state index in [9.17, 15) is 4.79 Å². The predicted molar refractivity (Wildman–Crippen MR) is 104 cm³/mol. The number of carbonyl (C=O) groups is 1. The number of aryl methyl sites for hydroxylation is 1. The fourth-order valence-electron chi connectivity index (χ4n) is 2.29. The first-order chi connectivity index (χ1) is 12.1. The molecule has 0 saturated carbocycles. The van der Waals surface area contributed by atoms with Gasteiger partial charge in [-0.05, 0) is 61.0 Å². The van der Waals surface area contributed by atoms with Crippen molar-refractivity contribution in [3.63, 3.8) is 0 Å². The van der Waals surface area contributed by atoms with Crippen LogP contribution >= 0.6 is 15.9 Å². The van der Waals surface area contributed by atoms with Crippen LogP contribution in [0.5, 0.6) is 5.75 Å². The number of amides is 1. The molecule has 3 aromatic rings. The van der Waals surface area contributed by atoms with E-state index in [0.717, 1.165) is 27.0 Å². The Morgan fingerprint density at radius 3 is 2.20 bits per heavy atom. The van der Waals surface area contributed by atoms with Gasteiger partial charge in [0.1, 0.15) is 12.4 Å². The molecule has 0 unspecified atom stereocenters. The summed E-state index contributed by atoms with van der Waals surface area (Å²) in [5.74, 6) is 0.689. The molecule has 0 atom stereocenters. The number of ether oxygens (including phenoxy) is 1. The van der Waals surface area contributed by atoms with E-state index in [-0.39, 0.29) is 5.91 Å². The van der Waals surface area contributed by atoms with E-state index in [0.29, 0.717) is 12.2 Å². The van der Waals surface area contributed by atoms with Crippen molar-refractivity contribution in [2.24, 2.45) is 0 Å². The fraction of sp³-hybridized carbons (Fsp3) is 0.0952. The van der Waals surface area contributed by atoms with Crippen LogP contribution in [0.2, 0.25) is 0 Å². The minimum atomic E-state index is -0.121. The largest absolute Gasteiger partial charge is 0.489 e. The average molecular weight is 396 g/mol. The quantitative estimate of drug-likeness (QED) is 0.611. The number of carbonyl (C=O) groups excluding carboxylic acids is 1. The van der Waals surface area contributed by atoms with E-state index in [1.165, 1.54) is 0 Å². The maximum Gasteiger partial charge on any atom is 0.255 e. The summed E-state index contributed by atoms with van der Waals surface area (Å²) in [6.07, 6.45) is 0. The molecule has 0 aliphatic rings. The molecular weight excluding hydrogens is 378 g/mol. The number of hydrogen-bond donors (Lipinski definition) is 1. The Kier molecular flexibility index (Phi) is 5.51. The third-order valence-corrected chi connectivity index (χ3v) is 4.27. The molecule has 0 aliphatic carbocycles. The summed E-state index contributed by atoms with van der Waals surface area (Å²) in [7, 11) is 0. The molecule has 4 heteroatoms. The molecule has 1 N–H and O–H groups in total. The van der Waals surface area contributed by atoms with E-state index >= 15 is 0 Å². The highest BCUT2D eigenvalue weighted by Crippen LogP contribution is 2.18. The second kappa shape index (κ2) is 7.99. The standard InChI is InChI=1S/C21H18BrNO2/c1-15-2-10-19(11-3-15)23-21(24)17-6-4-16(5-7-17)14-25-20-12-8-18(22)9-13-20/h2-13H,14H2,1H3,(H,23,24). The Morgan fingerprint density at radius 1 is 0.920 bits per heavy atom. The molecule has 25 heavy (non-hydrogen) atoms. The van der Waals surface area contributed by atoms with E-state index in [4.69, 9.17) is 4.74 Å². The van der Waals surface area contributed by atoms with Crippen molar-refractivity contribution in [3.8, 4) is 5.75 Å². The van der Waals surface area contributed by atoms with Crippen LogP contribution < -0.4 is 10.1 Å². The molecule has 0 spiro atoms. The average Bonchev–Trinajstić information content (AvgIpc) is 2.63. The summed E-state index contributed by atoms with van der Waals surface area (Å²) in [6.45, 7) is 2.47. The zero-order valence-corrected chi connectivity index (χ0v) is 15.4. The van der Waals surface area contributed by atoms with Crippen molar-refractivity contribution >= 4 is 27.5 Å². The second-order valence-electron chi connectivity index (χ2n) is 5.76. The van der Waals surface area contributed by atoms with Crippen LogP contribution in [0.1, 0.15) is 21.5 Å². The normalized spacial score (nSPS) is 10.3.